The van der Waals surface area contributed by atoms with E-state index < -0.39 is 6.10 Å². The van der Waals surface area contributed by atoms with Crippen LogP contribution in [-0.4, -0.2) is 37.2 Å². The van der Waals surface area contributed by atoms with Crippen LogP contribution in [0, 0.1) is 0 Å². The Morgan fingerprint density at radius 3 is 1.07 bits per heavy atom. The number of carbonyl (C=O) groups excluding carboxylic acids is 3. The van der Waals surface area contributed by atoms with E-state index in [1.807, 2.05) is 0 Å². The van der Waals surface area contributed by atoms with Gasteiger partial charge in [-0.1, -0.05) is 209 Å². The Balaban J connectivity index is 4.09. The van der Waals surface area contributed by atoms with Gasteiger partial charge in [0, 0.05) is 19.3 Å². The molecular weight excluding hydrogens is 757 g/mol. The molecule has 0 aromatic carbocycles. The Morgan fingerprint density at radius 1 is 0.344 bits per heavy atom. The lowest BCUT2D eigenvalue weighted by Crippen LogP contribution is -2.30. The van der Waals surface area contributed by atoms with Crippen LogP contribution >= 0.6 is 0 Å². The Labute approximate surface area is 376 Å². The number of hydrogen-bond acceptors (Lipinski definition) is 6. The second kappa shape index (κ2) is 49.5. The Hall–Kier alpha value is -3.15. The van der Waals surface area contributed by atoms with Gasteiger partial charge >= 0.3 is 17.9 Å². The van der Waals surface area contributed by atoms with Crippen molar-refractivity contribution in [3.05, 3.63) is 72.9 Å². The van der Waals surface area contributed by atoms with E-state index >= 15 is 0 Å². The summed E-state index contributed by atoms with van der Waals surface area (Å²) in [5.74, 6) is -0.912. The number of hydrogen-bond donors (Lipinski definition) is 0. The van der Waals surface area contributed by atoms with Crippen molar-refractivity contribution in [1.29, 1.82) is 0 Å². The fraction of sp³-hybridized carbons (Fsp3) is 0.727. The first-order valence-corrected chi connectivity index (χ1v) is 25.4. The van der Waals surface area contributed by atoms with Crippen molar-refractivity contribution in [2.45, 2.75) is 245 Å². The molecule has 6 nitrogen and oxygen atoms in total. The van der Waals surface area contributed by atoms with E-state index in [0.29, 0.717) is 19.3 Å². The van der Waals surface area contributed by atoms with E-state index in [0.717, 1.165) is 122 Å². The van der Waals surface area contributed by atoms with Crippen LogP contribution < -0.4 is 0 Å². The highest BCUT2D eigenvalue weighted by Crippen LogP contribution is 2.15. The topological polar surface area (TPSA) is 78.9 Å². The van der Waals surface area contributed by atoms with Crippen molar-refractivity contribution in [2.75, 3.05) is 13.2 Å². The van der Waals surface area contributed by atoms with Gasteiger partial charge in [-0.3, -0.25) is 14.4 Å². The molecule has 0 aromatic heterocycles. The Bertz CT molecular complexity index is 1160. The molecule has 0 spiro atoms. The summed E-state index contributed by atoms with van der Waals surface area (Å²) in [7, 11) is 0. The van der Waals surface area contributed by atoms with Crippen LogP contribution in [0.1, 0.15) is 239 Å². The van der Waals surface area contributed by atoms with Gasteiger partial charge in [0.15, 0.2) is 6.10 Å². The van der Waals surface area contributed by atoms with E-state index in [1.54, 1.807) is 0 Å². The van der Waals surface area contributed by atoms with Crippen molar-refractivity contribution >= 4 is 17.9 Å². The van der Waals surface area contributed by atoms with Crippen LogP contribution in [0.4, 0.5) is 0 Å². The molecule has 0 saturated heterocycles. The molecule has 0 N–H and O–H groups in total. The summed E-state index contributed by atoms with van der Waals surface area (Å²) in [5, 5.41) is 0. The van der Waals surface area contributed by atoms with Gasteiger partial charge in [0.25, 0.3) is 0 Å². The van der Waals surface area contributed by atoms with Crippen molar-refractivity contribution in [1.82, 2.24) is 0 Å². The van der Waals surface area contributed by atoms with Gasteiger partial charge in [0.05, 0.1) is 0 Å². The molecule has 350 valence electrons. The second-order valence-corrected chi connectivity index (χ2v) is 16.7. The monoisotopic (exact) mass is 851 g/mol. The molecule has 0 aliphatic heterocycles. The molecule has 0 heterocycles. The van der Waals surface area contributed by atoms with Crippen LogP contribution in [-0.2, 0) is 28.6 Å². The van der Waals surface area contributed by atoms with Crippen LogP contribution in [0.5, 0.6) is 0 Å². The molecular formula is C55H94O6. The van der Waals surface area contributed by atoms with Gasteiger partial charge in [-0.25, -0.2) is 0 Å². The highest BCUT2D eigenvalue weighted by Gasteiger charge is 2.19. The van der Waals surface area contributed by atoms with E-state index in [-0.39, 0.29) is 31.1 Å². The molecule has 0 saturated carbocycles. The third kappa shape index (κ3) is 47.7. The van der Waals surface area contributed by atoms with E-state index in [9.17, 15) is 14.4 Å². The standard InChI is InChI=1S/C55H94O6/c1-4-7-10-13-15-17-19-21-22-23-24-25-26-27-28-29-30-31-32-34-35-37-39-42-45-48-54(57)60-51-52(50-59-53(56)47-44-41-12-9-6-3)61-55(58)49-46-43-40-38-36-33-20-18-16-14-11-8-5-2/h7,10-11,14-15,17-18,20-22,24-25,52H,4-6,8-9,12-13,16,19,23,26-51H2,1-3H3/b10-7-,14-11-,17-15-,20-18-,22-21-,25-24-. The smallest absolute Gasteiger partial charge is 0.306 e. The molecule has 0 radical (unpaired) electrons. The lowest BCUT2D eigenvalue weighted by atomic mass is 10.0. The van der Waals surface area contributed by atoms with Crippen LogP contribution in [0.2, 0.25) is 0 Å². The molecule has 0 rings (SSSR count). The molecule has 0 aliphatic rings. The normalized spacial score (nSPS) is 12.6. The number of unbranched alkanes of at least 4 members (excludes halogenated alkanes) is 22. The van der Waals surface area contributed by atoms with E-state index in [1.165, 1.54) is 77.0 Å². The highest BCUT2D eigenvalue weighted by molar-refractivity contribution is 5.71. The summed E-state index contributed by atoms with van der Waals surface area (Å²) in [4.78, 5) is 37.6. The summed E-state index contributed by atoms with van der Waals surface area (Å²) in [5.41, 5.74) is 0. The van der Waals surface area contributed by atoms with Crippen molar-refractivity contribution in [3.8, 4) is 0 Å². The average molecular weight is 851 g/mol. The van der Waals surface area contributed by atoms with Crippen LogP contribution in [0.15, 0.2) is 72.9 Å². The largest absolute Gasteiger partial charge is 0.462 e. The Kier molecular flexibility index (Phi) is 46.9. The van der Waals surface area contributed by atoms with Crippen LogP contribution in [0.3, 0.4) is 0 Å². The lowest BCUT2D eigenvalue weighted by molar-refractivity contribution is -0.167. The fourth-order valence-corrected chi connectivity index (χ4v) is 6.88. The first kappa shape index (κ1) is 57.9. The minimum Gasteiger partial charge on any atom is -0.462 e. The third-order valence-electron chi connectivity index (χ3n) is 10.7. The summed E-state index contributed by atoms with van der Waals surface area (Å²) in [6, 6.07) is 0. The quantitative estimate of drug-likeness (QED) is 0.0263. The molecule has 6 heteroatoms. The number of allylic oxidation sites excluding steroid dienone is 12. The van der Waals surface area contributed by atoms with Gasteiger partial charge in [-0.2, -0.15) is 0 Å². The highest BCUT2D eigenvalue weighted by atomic mass is 16.6. The maximum absolute atomic E-state index is 12.7. The molecule has 61 heavy (non-hydrogen) atoms. The van der Waals surface area contributed by atoms with Crippen molar-refractivity contribution in [3.63, 3.8) is 0 Å². The lowest BCUT2D eigenvalue weighted by Gasteiger charge is -2.18. The zero-order valence-corrected chi connectivity index (χ0v) is 39.9. The molecule has 1 atom stereocenters. The van der Waals surface area contributed by atoms with E-state index in [4.69, 9.17) is 14.2 Å². The fourth-order valence-electron chi connectivity index (χ4n) is 6.88. The maximum atomic E-state index is 12.7. The first-order valence-electron chi connectivity index (χ1n) is 25.4. The second-order valence-electron chi connectivity index (χ2n) is 16.7. The molecule has 0 bridgehead atoms. The number of carbonyl (C=O) groups is 3. The molecule has 0 aliphatic carbocycles. The van der Waals surface area contributed by atoms with Gasteiger partial charge in [0.2, 0.25) is 0 Å². The molecule has 0 fully saturated rings. The number of ether oxygens (including phenoxy) is 3. The summed E-state index contributed by atoms with van der Waals surface area (Å²) in [6.07, 6.45) is 62.2. The van der Waals surface area contributed by atoms with Crippen molar-refractivity contribution in [2.24, 2.45) is 0 Å². The van der Waals surface area contributed by atoms with Gasteiger partial charge in [-0.05, 0) is 83.5 Å². The first-order chi connectivity index (χ1) is 30.0. The van der Waals surface area contributed by atoms with Crippen LogP contribution in [0.25, 0.3) is 0 Å². The van der Waals surface area contributed by atoms with Crippen molar-refractivity contribution < 1.29 is 28.6 Å². The number of esters is 3. The average Bonchev–Trinajstić information content (AvgIpc) is 3.26. The Morgan fingerprint density at radius 2 is 0.672 bits per heavy atom. The maximum Gasteiger partial charge on any atom is 0.306 e. The van der Waals surface area contributed by atoms with Gasteiger partial charge in [-0.15, -0.1) is 0 Å². The zero-order chi connectivity index (χ0) is 44.4. The SMILES string of the molecule is CC/C=C\C/C=C\C/C=C\C/C=C\CCCCCCCCCCCCCCC(=O)OCC(COC(=O)CCCCCCC)OC(=O)CCCCCCC/C=C\C/C=C\CCC. The minimum atomic E-state index is -0.778. The third-order valence-corrected chi connectivity index (χ3v) is 10.7. The van der Waals surface area contributed by atoms with E-state index in [2.05, 4.69) is 93.7 Å². The zero-order valence-electron chi connectivity index (χ0n) is 39.9. The minimum absolute atomic E-state index is 0.0818. The molecule has 0 aromatic rings. The molecule has 1 unspecified atom stereocenters. The predicted octanol–water partition coefficient (Wildman–Crippen LogP) is 16.6. The summed E-state index contributed by atoms with van der Waals surface area (Å²) in [6.45, 7) is 6.36. The summed E-state index contributed by atoms with van der Waals surface area (Å²) < 4.78 is 16.6. The molecule has 0 amide bonds. The van der Waals surface area contributed by atoms with Gasteiger partial charge < -0.3 is 14.2 Å². The predicted molar refractivity (Wildman–Crippen MR) is 261 cm³/mol. The van der Waals surface area contributed by atoms with Gasteiger partial charge in [0.1, 0.15) is 13.2 Å². The number of rotatable bonds is 45. The summed E-state index contributed by atoms with van der Waals surface area (Å²) >= 11 is 0.